The lowest BCUT2D eigenvalue weighted by Crippen LogP contribution is -3.14. The fourth-order valence-corrected chi connectivity index (χ4v) is 4.71. The molecule has 1 N–H and O–H groups in total. The summed E-state index contributed by atoms with van der Waals surface area (Å²) in [5, 5.41) is 2.23. The number of morpholine rings is 1. The first-order chi connectivity index (χ1) is 14.7. The van der Waals surface area contributed by atoms with Crippen molar-refractivity contribution in [2.75, 3.05) is 40.0 Å². The number of ether oxygens (including phenoxy) is 2. The zero-order chi connectivity index (χ0) is 20.8. The van der Waals surface area contributed by atoms with E-state index in [1.54, 1.807) is 23.3 Å². The molecular weight excluding hydrogens is 394 g/mol. The highest BCUT2D eigenvalue weighted by Gasteiger charge is 2.14. The lowest BCUT2D eigenvalue weighted by molar-refractivity contribution is -0.908. The second kappa shape index (κ2) is 10.1. The monoisotopic (exact) mass is 424 g/mol. The highest BCUT2D eigenvalue weighted by molar-refractivity contribution is 7.07. The molecule has 2 heterocycles. The van der Waals surface area contributed by atoms with Gasteiger partial charge >= 0.3 is 0 Å². The number of aryl methyl sites for hydroxylation is 1. The van der Waals surface area contributed by atoms with Crippen LogP contribution in [0.25, 0.3) is 11.3 Å². The van der Waals surface area contributed by atoms with Crippen molar-refractivity contribution in [2.45, 2.75) is 19.9 Å². The molecule has 1 fully saturated rings. The van der Waals surface area contributed by atoms with Crippen LogP contribution in [-0.2, 0) is 11.3 Å². The van der Waals surface area contributed by atoms with Crippen LogP contribution in [0.5, 0.6) is 5.75 Å². The summed E-state index contributed by atoms with van der Waals surface area (Å²) in [6, 6.07) is 16.7. The molecule has 2 aromatic carbocycles. The third kappa shape index (κ3) is 5.19. The molecule has 0 spiro atoms. The summed E-state index contributed by atoms with van der Waals surface area (Å²) in [7, 11) is 1.68. The maximum Gasteiger partial charge on any atom is 0.190 e. The predicted octanol–water partition coefficient (Wildman–Crippen LogP) is 3.07. The Labute approximate surface area is 182 Å². The van der Waals surface area contributed by atoms with Gasteiger partial charge in [0.05, 0.1) is 38.2 Å². The van der Waals surface area contributed by atoms with Crippen LogP contribution in [0.4, 0.5) is 5.69 Å². The normalized spacial score (nSPS) is 15.5. The fraction of sp³-hybridized carbons (Fsp3) is 0.375. The minimum absolute atomic E-state index is 0.849. The molecule has 1 saturated heterocycles. The number of methoxy groups -OCH3 is 1. The Morgan fingerprint density at radius 2 is 1.80 bits per heavy atom. The summed E-state index contributed by atoms with van der Waals surface area (Å²) in [5.41, 5.74) is 4.70. The van der Waals surface area contributed by atoms with Crippen molar-refractivity contribution in [3.8, 4) is 17.0 Å². The molecule has 0 aliphatic carbocycles. The number of benzene rings is 2. The molecule has 158 valence electrons. The van der Waals surface area contributed by atoms with E-state index in [1.807, 2.05) is 24.3 Å². The molecule has 0 saturated carbocycles. The van der Waals surface area contributed by atoms with Gasteiger partial charge in [-0.3, -0.25) is 0 Å². The summed E-state index contributed by atoms with van der Waals surface area (Å²) in [6.45, 7) is 8.25. The minimum Gasteiger partial charge on any atom is -0.497 e. The average Bonchev–Trinajstić information content (AvgIpc) is 3.18. The quantitative estimate of drug-likeness (QED) is 0.633. The van der Waals surface area contributed by atoms with Gasteiger partial charge in [0.25, 0.3) is 0 Å². The molecule has 0 radical (unpaired) electrons. The molecule has 0 bridgehead atoms. The molecule has 4 rings (SSSR count). The van der Waals surface area contributed by atoms with Crippen molar-refractivity contribution >= 4 is 17.0 Å². The van der Waals surface area contributed by atoms with Crippen molar-refractivity contribution in [1.29, 1.82) is 0 Å². The topological polar surface area (TPSA) is 40.2 Å². The SMILES string of the molecule is COc1ccc(N=c2scc(-c3ccc(C)cc3)n2CCC[NH+]2CCOCC2)cc1. The van der Waals surface area contributed by atoms with Crippen LogP contribution in [0.1, 0.15) is 12.0 Å². The molecule has 6 heteroatoms. The molecule has 3 aromatic rings. The number of hydrogen-bond donors (Lipinski definition) is 1. The molecule has 5 nitrogen and oxygen atoms in total. The van der Waals surface area contributed by atoms with E-state index in [2.05, 4.69) is 41.1 Å². The van der Waals surface area contributed by atoms with Gasteiger partial charge in [-0.25, -0.2) is 4.99 Å². The number of hydrogen-bond acceptors (Lipinski definition) is 4. The van der Waals surface area contributed by atoms with E-state index in [4.69, 9.17) is 14.5 Å². The first kappa shape index (κ1) is 20.8. The maximum absolute atomic E-state index is 5.49. The fourth-order valence-electron chi connectivity index (χ4n) is 3.75. The van der Waals surface area contributed by atoms with Gasteiger partial charge in [-0.1, -0.05) is 29.8 Å². The Bertz CT molecular complexity index is 1000. The molecule has 0 amide bonds. The van der Waals surface area contributed by atoms with Gasteiger partial charge in [0.15, 0.2) is 4.80 Å². The number of nitrogens with zero attached hydrogens (tertiary/aromatic N) is 2. The summed E-state index contributed by atoms with van der Waals surface area (Å²) in [6.07, 6.45) is 1.13. The number of nitrogens with one attached hydrogen (secondary N) is 1. The third-order valence-corrected chi connectivity index (χ3v) is 6.42. The van der Waals surface area contributed by atoms with Crippen LogP contribution in [0, 0.1) is 6.92 Å². The van der Waals surface area contributed by atoms with Gasteiger partial charge in [0.1, 0.15) is 18.8 Å². The Kier molecular flexibility index (Phi) is 7.00. The summed E-state index contributed by atoms with van der Waals surface area (Å²) < 4.78 is 13.1. The van der Waals surface area contributed by atoms with Crippen LogP contribution in [0.15, 0.2) is 58.9 Å². The van der Waals surface area contributed by atoms with Gasteiger partial charge in [-0.15, -0.1) is 11.3 Å². The molecule has 0 atom stereocenters. The van der Waals surface area contributed by atoms with E-state index in [0.717, 1.165) is 55.5 Å². The van der Waals surface area contributed by atoms with Crippen molar-refractivity contribution in [2.24, 2.45) is 4.99 Å². The first-order valence-corrected chi connectivity index (χ1v) is 11.5. The molecule has 1 aliphatic rings. The first-order valence-electron chi connectivity index (χ1n) is 10.6. The lowest BCUT2D eigenvalue weighted by Gasteiger charge is -2.23. The Hall–Kier alpha value is -2.41. The van der Waals surface area contributed by atoms with Crippen molar-refractivity contribution in [3.05, 3.63) is 64.3 Å². The van der Waals surface area contributed by atoms with Crippen molar-refractivity contribution in [1.82, 2.24) is 4.57 Å². The molecular formula is C24H30N3O2S+. The smallest absolute Gasteiger partial charge is 0.190 e. The van der Waals surface area contributed by atoms with Gasteiger partial charge in [-0.2, -0.15) is 0 Å². The molecule has 1 aromatic heterocycles. The molecule has 0 unspecified atom stereocenters. The van der Waals surface area contributed by atoms with Crippen LogP contribution < -0.4 is 14.4 Å². The second-order valence-corrected chi connectivity index (χ2v) is 8.53. The average molecular weight is 425 g/mol. The van der Waals surface area contributed by atoms with Crippen LogP contribution in [0.3, 0.4) is 0 Å². The third-order valence-electron chi connectivity index (χ3n) is 5.55. The second-order valence-electron chi connectivity index (χ2n) is 7.70. The van der Waals surface area contributed by atoms with E-state index in [1.165, 1.54) is 23.4 Å². The van der Waals surface area contributed by atoms with Gasteiger partial charge in [-0.05, 0) is 36.8 Å². The zero-order valence-corrected chi connectivity index (χ0v) is 18.6. The van der Waals surface area contributed by atoms with Gasteiger partial charge in [0.2, 0.25) is 0 Å². The van der Waals surface area contributed by atoms with E-state index in [0.29, 0.717) is 0 Å². The number of aromatic nitrogens is 1. The minimum atomic E-state index is 0.849. The summed E-state index contributed by atoms with van der Waals surface area (Å²) >= 11 is 1.70. The van der Waals surface area contributed by atoms with E-state index >= 15 is 0 Å². The van der Waals surface area contributed by atoms with Gasteiger partial charge < -0.3 is 18.9 Å². The molecule has 1 aliphatic heterocycles. The van der Waals surface area contributed by atoms with Crippen LogP contribution >= 0.6 is 11.3 Å². The van der Waals surface area contributed by atoms with E-state index < -0.39 is 0 Å². The number of thiazole rings is 1. The van der Waals surface area contributed by atoms with Crippen molar-refractivity contribution < 1.29 is 14.4 Å². The van der Waals surface area contributed by atoms with Crippen molar-refractivity contribution in [3.63, 3.8) is 0 Å². The molecule has 30 heavy (non-hydrogen) atoms. The lowest BCUT2D eigenvalue weighted by atomic mass is 10.1. The van der Waals surface area contributed by atoms with Gasteiger partial charge in [0, 0.05) is 18.3 Å². The predicted molar refractivity (Wildman–Crippen MR) is 122 cm³/mol. The van der Waals surface area contributed by atoms with E-state index in [9.17, 15) is 0 Å². The Morgan fingerprint density at radius 3 is 2.50 bits per heavy atom. The highest BCUT2D eigenvalue weighted by Crippen LogP contribution is 2.22. The highest BCUT2D eigenvalue weighted by atomic mass is 32.1. The summed E-state index contributed by atoms with van der Waals surface area (Å²) in [5.74, 6) is 0.849. The number of rotatable bonds is 7. The Balaban J connectivity index is 1.61. The van der Waals surface area contributed by atoms with Crippen LogP contribution in [-0.4, -0.2) is 44.5 Å². The van der Waals surface area contributed by atoms with E-state index in [-0.39, 0.29) is 0 Å². The van der Waals surface area contributed by atoms with Crippen LogP contribution in [0.2, 0.25) is 0 Å². The summed E-state index contributed by atoms with van der Waals surface area (Å²) in [4.78, 5) is 7.62. The largest absolute Gasteiger partial charge is 0.497 e. The standard InChI is InChI=1S/C24H29N3O2S/c1-19-4-6-20(7-5-19)23-18-30-24(25-21-8-10-22(28-2)11-9-21)27(23)13-3-12-26-14-16-29-17-15-26/h4-11,18H,3,12-17H2,1-2H3/p+1. The zero-order valence-electron chi connectivity index (χ0n) is 17.8. The maximum atomic E-state index is 5.49. The number of quaternary nitrogens is 1. The Morgan fingerprint density at radius 1 is 1.07 bits per heavy atom.